The van der Waals surface area contributed by atoms with Gasteiger partial charge in [0.15, 0.2) is 0 Å². The summed E-state index contributed by atoms with van der Waals surface area (Å²) >= 11 is 0. The maximum absolute atomic E-state index is 6.12. The average Bonchev–Trinajstić information content (AvgIpc) is 3.46. The first-order valence-electron chi connectivity index (χ1n) is 13.8. The summed E-state index contributed by atoms with van der Waals surface area (Å²) in [5.41, 5.74) is 3.40. The zero-order chi connectivity index (χ0) is 25.3. The molecule has 2 aliphatic heterocycles. The molecule has 7 nitrogen and oxygen atoms in total. The highest BCUT2D eigenvalue weighted by atomic mass is 16.5. The van der Waals surface area contributed by atoms with Gasteiger partial charge in [0.25, 0.3) is 0 Å². The lowest BCUT2D eigenvalue weighted by molar-refractivity contribution is 0.262. The second-order valence-electron chi connectivity index (χ2n) is 10.3. The Morgan fingerprint density at radius 2 is 1.78 bits per heavy atom. The van der Waals surface area contributed by atoms with Crippen molar-refractivity contribution < 1.29 is 4.74 Å². The fraction of sp³-hybridized carbons (Fsp3) is 0.467. The van der Waals surface area contributed by atoms with Gasteiger partial charge in [-0.05, 0) is 87.9 Å². The smallest absolute Gasteiger partial charge is 0.229 e. The van der Waals surface area contributed by atoms with Crippen LogP contribution in [0.25, 0.3) is 0 Å². The Bertz CT molecular complexity index is 1110. The number of anilines is 4. The number of hydrogen-bond acceptors (Lipinski definition) is 7. The Hall–Kier alpha value is -3.32. The van der Waals surface area contributed by atoms with Crippen LogP contribution in [0.2, 0.25) is 0 Å². The van der Waals surface area contributed by atoms with Crippen molar-refractivity contribution in [1.82, 2.24) is 14.9 Å². The minimum Gasteiger partial charge on any atom is -0.493 e. The summed E-state index contributed by atoms with van der Waals surface area (Å²) in [6, 6.07) is 18.8. The van der Waals surface area contributed by atoms with Crippen LogP contribution in [0.15, 0.2) is 60.8 Å². The van der Waals surface area contributed by atoms with Gasteiger partial charge in [0.05, 0.1) is 6.61 Å². The van der Waals surface area contributed by atoms with Crippen LogP contribution >= 0.6 is 0 Å². The highest BCUT2D eigenvalue weighted by Crippen LogP contribution is 2.26. The van der Waals surface area contributed by atoms with Gasteiger partial charge < -0.3 is 25.2 Å². The van der Waals surface area contributed by atoms with E-state index >= 15 is 0 Å². The quantitative estimate of drug-likeness (QED) is 0.326. The molecule has 0 aliphatic carbocycles. The van der Waals surface area contributed by atoms with Crippen LogP contribution in [0.1, 0.15) is 37.7 Å². The van der Waals surface area contributed by atoms with E-state index in [1.165, 1.54) is 44.5 Å². The lowest BCUT2D eigenvalue weighted by Gasteiger charge is -2.33. The van der Waals surface area contributed by atoms with Crippen LogP contribution < -0.4 is 20.3 Å². The number of hydrogen-bond donors (Lipinski definition) is 2. The number of para-hydroxylation sites is 1. The minimum absolute atomic E-state index is 0.590. The van der Waals surface area contributed by atoms with E-state index < -0.39 is 0 Å². The Labute approximate surface area is 221 Å². The SMILES string of the molecule is Cc1ccc(Nc2nccc(NCC3CCN(c4ccccc4)CC3)n2)cc1OCCCN1CCCC1. The molecule has 0 saturated carbocycles. The standard InChI is InChI=1S/C30H40N6O/c1-24-10-11-26(22-28(24)37-21-7-18-35-16-5-6-17-35)33-30-31-15-12-29(34-30)32-23-25-13-19-36(20-14-25)27-8-3-2-4-9-27/h2-4,8-12,15,22,25H,5-7,13-14,16-21,23H2,1H3,(H2,31,32,33,34). The molecule has 0 bridgehead atoms. The van der Waals surface area contributed by atoms with Crippen molar-refractivity contribution in [3.05, 3.63) is 66.4 Å². The molecule has 0 spiro atoms. The fourth-order valence-corrected chi connectivity index (χ4v) is 5.24. The van der Waals surface area contributed by atoms with Gasteiger partial charge in [-0.3, -0.25) is 0 Å². The molecule has 3 heterocycles. The van der Waals surface area contributed by atoms with Crippen molar-refractivity contribution in [3.63, 3.8) is 0 Å². The van der Waals surface area contributed by atoms with E-state index in [-0.39, 0.29) is 0 Å². The van der Waals surface area contributed by atoms with E-state index in [9.17, 15) is 0 Å². The molecule has 0 radical (unpaired) electrons. The van der Waals surface area contributed by atoms with Crippen LogP contribution in [-0.2, 0) is 0 Å². The third-order valence-electron chi connectivity index (χ3n) is 7.48. The van der Waals surface area contributed by atoms with Gasteiger partial charge in [0.2, 0.25) is 5.95 Å². The first-order chi connectivity index (χ1) is 18.2. The van der Waals surface area contributed by atoms with Crippen molar-refractivity contribution in [2.75, 3.05) is 61.4 Å². The van der Waals surface area contributed by atoms with Crippen molar-refractivity contribution in [2.24, 2.45) is 5.92 Å². The predicted octanol–water partition coefficient (Wildman–Crippen LogP) is 5.72. The van der Waals surface area contributed by atoms with Gasteiger partial charge in [-0.2, -0.15) is 4.98 Å². The summed E-state index contributed by atoms with van der Waals surface area (Å²) in [6.45, 7) is 9.55. The van der Waals surface area contributed by atoms with Crippen LogP contribution in [0.3, 0.4) is 0 Å². The van der Waals surface area contributed by atoms with Crippen molar-refractivity contribution >= 4 is 23.1 Å². The van der Waals surface area contributed by atoms with Gasteiger partial charge in [-0.25, -0.2) is 4.98 Å². The Kier molecular flexibility index (Phi) is 8.74. The van der Waals surface area contributed by atoms with E-state index in [0.29, 0.717) is 11.9 Å². The third kappa shape index (κ3) is 7.35. The van der Waals surface area contributed by atoms with Crippen molar-refractivity contribution in [3.8, 4) is 5.75 Å². The molecule has 2 aromatic carbocycles. The molecular weight excluding hydrogens is 460 g/mol. The lowest BCUT2D eigenvalue weighted by Crippen LogP contribution is -2.35. The van der Waals surface area contributed by atoms with Gasteiger partial charge in [0, 0.05) is 49.8 Å². The van der Waals surface area contributed by atoms with Crippen molar-refractivity contribution in [2.45, 2.75) is 39.0 Å². The second-order valence-corrected chi connectivity index (χ2v) is 10.3. The predicted molar refractivity (Wildman–Crippen MR) is 152 cm³/mol. The second kappa shape index (κ2) is 12.8. The highest BCUT2D eigenvalue weighted by molar-refractivity contribution is 5.58. The van der Waals surface area contributed by atoms with E-state index in [1.54, 1.807) is 6.20 Å². The molecule has 5 rings (SSSR count). The van der Waals surface area contributed by atoms with E-state index in [1.807, 2.05) is 6.07 Å². The number of aryl methyl sites for hydroxylation is 1. The Balaban J connectivity index is 1.09. The molecule has 196 valence electrons. The number of rotatable bonds is 11. The summed E-state index contributed by atoms with van der Waals surface area (Å²) in [5.74, 6) is 3.01. The molecule has 0 amide bonds. The molecule has 0 unspecified atom stereocenters. The minimum atomic E-state index is 0.590. The molecule has 2 fully saturated rings. The first-order valence-corrected chi connectivity index (χ1v) is 13.8. The average molecular weight is 501 g/mol. The fourth-order valence-electron chi connectivity index (χ4n) is 5.24. The molecular formula is C30H40N6O. The monoisotopic (exact) mass is 500 g/mol. The largest absolute Gasteiger partial charge is 0.493 e. The normalized spacial score (nSPS) is 16.6. The molecule has 0 atom stereocenters. The molecule has 37 heavy (non-hydrogen) atoms. The van der Waals surface area contributed by atoms with Gasteiger partial charge in [-0.1, -0.05) is 24.3 Å². The summed E-state index contributed by atoms with van der Waals surface area (Å²) in [4.78, 5) is 14.1. The van der Waals surface area contributed by atoms with Crippen LogP contribution in [0.5, 0.6) is 5.75 Å². The first kappa shape index (κ1) is 25.3. The van der Waals surface area contributed by atoms with Crippen LogP contribution in [-0.4, -0.2) is 60.7 Å². The molecule has 2 saturated heterocycles. The number of likely N-dealkylation sites (tertiary alicyclic amines) is 1. The number of nitrogens with zero attached hydrogens (tertiary/aromatic N) is 4. The summed E-state index contributed by atoms with van der Waals surface area (Å²) < 4.78 is 6.12. The molecule has 3 aromatic rings. The van der Waals surface area contributed by atoms with Crippen molar-refractivity contribution in [1.29, 1.82) is 0 Å². The van der Waals surface area contributed by atoms with Gasteiger partial charge in [0.1, 0.15) is 11.6 Å². The van der Waals surface area contributed by atoms with Gasteiger partial charge >= 0.3 is 0 Å². The number of aromatic nitrogens is 2. The molecule has 7 heteroatoms. The maximum Gasteiger partial charge on any atom is 0.229 e. The summed E-state index contributed by atoms with van der Waals surface area (Å²) in [7, 11) is 0. The van der Waals surface area contributed by atoms with Crippen LogP contribution in [0, 0.1) is 12.8 Å². The molecule has 2 aliphatic rings. The topological polar surface area (TPSA) is 65.5 Å². The zero-order valence-corrected chi connectivity index (χ0v) is 22.0. The number of piperidine rings is 1. The highest BCUT2D eigenvalue weighted by Gasteiger charge is 2.19. The Morgan fingerprint density at radius 3 is 2.59 bits per heavy atom. The lowest BCUT2D eigenvalue weighted by atomic mass is 9.96. The number of ether oxygens (including phenoxy) is 1. The van der Waals surface area contributed by atoms with Crippen LogP contribution in [0.4, 0.5) is 23.1 Å². The third-order valence-corrected chi connectivity index (χ3v) is 7.48. The zero-order valence-electron chi connectivity index (χ0n) is 22.0. The number of nitrogens with one attached hydrogen (secondary N) is 2. The van der Waals surface area contributed by atoms with E-state index in [0.717, 1.165) is 62.0 Å². The van der Waals surface area contributed by atoms with E-state index in [4.69, 9.17) is 9.72 Å². The van der Waals surface area contributed by atoms with E-state index in [2.05, 4.69) is 80.9 Å². The Morgan fingerprint density at radius 1 is 0.973 bits per heavy atom. The van der Waals surface area contributed by atoms with Gasteiger partial charge in [-0.15, -0.1) is 0 Å². The number of benzene rings is 2. The molecule has 2 N–H and O–H groups in total. The summed E-state index contributed by atoms with van der Waals surface area (Å²) in [5, 5.41) is 6.89. The summed E-state index contributed by atoms with van der Waals surface area (Å²) in [6.07, 6.45) is 7.89. The maximum atomic E-state index is 6.12. The molecule has 1 aromatic heterocycles.